The molecule has 0 radical (unpaired) electrons. The number of ether oxygens (including phenoxy) is 1. The Morgan fingerprint density at radius 3 is 2.38 bits per heavy atom. The number of pyridine rings is 1. The smallest absolute Gasteiger partial charge is 0.417 e. The fraction of sp³-hybridized carbons (Fsp3) is 0.394. The molecule has 240 valence electrons. The van der Waals surface area contributed by atoms with Gasteiger partial charge in [-0.25, -0.2) is 4.39 Å². The highest BCUT2D eigenvalue weighted by Gasteiger charge is 2.36. The van der Waals surface area contributed by atoms with Gasteiger partial charge in [0.05, 0.1) is 29.6 Å². The summed E-state index contributed by atoms with van der Waals surface area (Å²) in [7, 11) is 3.62. The SMILES string of the molecule is COc1ccc(CN2CC=C(c3cc(NC(=O)c4c[nH]c(=O)cc4C(F)(F)F)c(N4CC(C)N(C)[C@@H](C)C4)cc3F)CC2)cc1. The number of benzene rings is 2. The lowest BCUT2D eigenvalue weighted by molar-refractivity contribution is -0.138. The van der Waals surface area contributed by atoms with Gasteiger partial charge in [0.2, 0.25) is 5.56 Å². The van der Waals surface area contributed by atoms with E-state index in [1.165, 1.54) is 12.1 Å². The highest BCUT2D eigenvalue weighted by atomic mass is 19.4. The summed E-state index contributed by atoms with van der Waals surface area (Å²) in [4.78, 5) is 33.6. The van der Waals surface area contributed by atoms with Crippen molar-refractivity contribution in [2.24, 2.45) is 0 Å². The Labute approximate surface area is 259 Å². The van der Waals surface area contributed by atoms with E-state index in [9.17, 15) is 22.8 Å². The van der Waals surface area contributed by atoms with Gasteiger partial charge in [0.1, 0.15) is 11.6 Å². The molecule has 12 heteroatoms. The Kier molecular flexibility index (Phi) is 9.36. The summed E-state index contributed by atoms with van der Waals surface area (Å²) in [5.41, 5.74) is -0.329. The van der Waals surface area contributed by atoms with Gasteiger partial charge in [0.25, 0.3) is 5.91 Å². The molecule has 2 aliphatic heterocycles. The van der Waals surface area contributed by atoms with Gasteiger partial charge in [-0.15, -0.1) is 0 Å². The summed E-state index contributed by atoms with van der Waals surface area (Å²) in [5.74, 6) is -0.759. The molecule has 0 bridgehead atoms. The molecule has 8 nitrogen and oxygen atoms in total. The number of nitrogens with zero attached hydrogens (tertiary/aromatic N) is 3. The number of alkyl halides is 3. The Morgan fingerprint density at radius 2 is 1.78 bits per heavy atom. The first-order chi connectivity index (χ1) is 21.3. The number of carbonyl (C=O) groups excluding carboxylic acids is 1. The number of aromatic nitrogens is 1. The third kappa shape index (κ3) is 7.23. The first-order valence-electron chi connectivity index (χ1n) is 14.8. The maximum absolute atomic E-state index is 15.9. The average Bonchev–Trinajstić information content (AvgIpc) is 3.00. The molecule has 45 heavy (non-hydrogen) atoms. The molecule has 0 spiro atoms. The van der Waals surface area contributed by atoms with Crippen LogP contribution in [0, 0.1) is 5.82 Å². The maximum Gasteiger partial charge on any atom is 0.417 e. The van der Waals surface area contributed by atoms with Crippen molar-refractivity contribution >= 4 is 22.9 Å². The number of carbonyl (C=O) groups is 1. The second kappa shape index (κ2) is 13.1. The van der Waals surface area contributed by atoms with Crippen molar-refractivity contribution in [3.8, 4) is 5.75 Å². The van der Waals surface area contributed by atoms with Gasteiger partial charge in [-0.1, -0.05) is 18.2 Å². The van der Waals surface area contributed by atoms with Gasteiger partial charge in [-0.3, -0.25) is 19.4 Å². The van der Waals surface area contributed by atoms with Gasteiger partial charge in [-0.05, 0) is 62.7 Å². The monoisotopic (exact) mass is 627 g/mol. The van der Waals surface area contributed by atoms with Crippen LogP contribution in [0.2, 0.25) is 0 Å². The lowest BCUT2D eigenvalue weighted by Crippen LogP contribution is -2.55. The molecule has 0 saturated carbocycles. The molecule has 2 aliphatic rings. The van der Waals surface area contributed by atoms with Gasteiger partial charge in [0.15, 0.2) is 0 Å². The van der Waals surface area contributed by atoms with E-state index in [4.69, 9.17) is 4.74 Å². The van der Waals surface area contributed by atoms with Crippen LogP contribution >= 0.6 is 0 Å². The summed E-state index contributed by atoms with van der Waals surface area (Å²) in [6, 6.07) is 11.2. The summed E-state index contributed by atoms with van der Waals surface area (Å²) in [6.45, 7) is 7.07. The summed E-state index contributed by atoms with van der Waals surface area (Å²) in [5, 5.41) is 2.62. The molecular weight excluding hydrogens is 590 g/mol. The highest BCUT2D eigenvalue weighted by molar-refractivity contribution is 6.07. The van der Waals surface area contributed by atoms with Crippen molar-refractivity contribution in [3.63, 3.8) is 0 Å². The van der Waals surface area contributed by atoms with Crippen LogP contribution < -0.4 is 20.5 Å². The second-order valence-electron chi connectivity index (χ2n) is 11.8. The third-order valence-electron chi connectivity index (χ3n) is 8.71. The molecule has 0 aliphatic carbocycles. The van der Waals surface area contributed by atoms with E-state index in [-0.39, 0.29) is 23.3 Å². The van der Waals surface area contributed by atoms with Crippen LogP contribution in [0.3, 0.4) is 0 Å². The van der Waals surface area contributed by atoms with Gasteiger partial charge in [-0.2, -0.15) is 13.2 Å². The molecule has 2 atom stereocenters. The van der Waals surface area contributed by atoms with Crippen molar-refractivity contribution in [2.75, 3.05) is 50.6 Å². The Bertz CT molecular complexity index is 1620. The number of halogens is 4. The van der Waals surface area contributed by atoms with Crippen LogP contribution in [0.4, 0.5) is 28.9 Å². The van der Waals surface area contributed by atoms with E-state index in [2.05, 4.69) is 20.1 Å². The third-order valence-corrected chi connectivity index (χ3v) is 8.71. The van der Waals surface area contributed by atoms with E-state index in [0.717, 1.165) is 23.1 Å². The number of nitrogens with one attached hydrogen (secondary N) is 2. The number of likely N-dealkylation sites (N-methyl/N-ethyl adjacent to an activating group) is 1. The normalized spacial score (nSPS) is 19.7. The number of hydrogen-bond acceptors (Lipinski definition) is 6. The zero-order valence-corrected chi connectivity index (χ0v) is 25.7. The number of anilines is 2. The largest absolute Gasteiger partial charge is 0.497 e. The molecule has 1 unspecified atom stereocenters. The summed E-state index contributed by atoms with van der Waals surface area (Å²) in [6.07, 6.45) is -1.68. The lowest BCUT2D eigenvalue weighted by atomic mass is 9.96. The van der Waals surface area contributed by atoms with Crippen LogP contribution in [0.5, 0.6) is 5.75 Å². The van der Waals surface area contributed by atoms with E-state index in [0.29, 0.717) is 50.9 Å². The molecule has 1 fully saturated rings. The van der Waals surface area contributed by atoms with Crippen molar-refractivity contribution in [2.45, 2.75) is 45.1 Å². The lowest BCUT2D eigenvalue weighted by Gasteiger charge is -2.44. The molecule has 3 aromatic rings. The molecule has 3 heterocycles. The predicted octanol–water partition coefficient (Wildman–Crippen LogP) is 5.61. The average molecular weight is 628 g/mol. The van der Waals surface area contributed by atoms with Crippen LogP contribution in [0.1, 0.15) is 47.3 Å². The minimum atomic E-state index is -4.93. The number of methoxy groups -OCH3 is 1. The van der Waals surface area contributed by atoms with Crippen molar-refractivity contribution in [1.29, 1.82) is 0 Å². The first-order valence-corrected chi connectivity index (χ1v) is 14.8. The van der Waals surface area contributed by atoms with Gasteiger partial charge in [0, 0.05) is 62.6 Å². The van der Waals surface area contributed by atoms with Crippen LogP contribution in [0.15, 0.2) is 59.5 Å². The minimum Gasteiger partial charge on any atom is -0.497 e. The van der Waals surface area contributed by atoms with Crippen LogP contribution in [-0.4, -0.2) is 73.1 Å². The maximum atomic E-state index is 15.9. The standard InChI is InChI=1S/C33H37F4N5O3/c1-20-17-42(18-21(2)40(20)3)30-15-28(34)25(23-9-11-41(12-10-23)19-22-5-7-24(45-4)8-6-22)13-29(30)39-32(44)26-16-38-31(43)14-27(26)33(35,36)37/h5-9,13-16,20-21H,10-12,17-19H2,1-4H3,(H,38,43)(H,39,44)/t20-,21?/m0/s1. The predicted molar refractivity (Wildman–Crippen MR) is 166 cm³/mol. The Morgan fingerprint density at radius 1 is 1.09 bits per heavy atom. The van der Waals surface area contributed by atoms with Crippen molar-refractivity contribution in [1.82, 2.24) is 14.8 Å². The number of rotatable bonds is 7. The van der Waals surface area contributed by atoms with Gasteiger partial charge >= 0.3 is 6.18 Å². The molecular formula is C33H37F4N5O3. The number of aromatic amines is 1. The number of piperazine rings is 1. The van der Waals surface area contributed by atoms with E-state index >= 15 is 4.39 Å². The number of hydrogen-bond donors (Lipinski definition) is 2. The molecule has 5 rings (SSSR count). The highest BCUT2D eigenvalue weighted by Crippen LogP contribution is 2.37. The summed E-state index contributed by atoms with van der Waals surface area (Å²) < 4.78 is 62.4. The van der Waals surface area contributed by atoms with Crippen molar-refractivity contribution < 1.29 is 27.1 Å². The van der Waals surface area contributed by atoms with E-state index < -0.39 is 34.6 Å². The zero-order valence-electron chi connectivity index (χ0n) is 25.7. The number of amides is 1. The minimum absolute atomic E-state index is 0.105. The van der Waals surface area contributed by atoms with E-state index in [1.54, 1.807) is 7.11 Å². The fourth-order valence-electron chi connectivity index (χ4n) is 5.94. The zero-order chi connectivity index (χ0) is 32.5. The van der Waals surface area contributed by atoms with Crippen LogP contribution in [0.25, 0.3) is 5.57 Å². The molecule has 1 saturated heterocycles. The molecule has 2 N–H and O–H groups in total. The first kappa shape index (κ1) is 32.2. The van der Waals surface area contributed by atoms with Crippen LogP contribution in [-0.2, 0) is 12.7 Å². The topological polar surface area (TPSA) is 80.9 Å². The van der Waals surface area contributed by atoms with Crippen molar-refractivity contribution in [3.05, 3.63) is 93.2 Å². The number of H-pyrrole nitrogens is 1. The Hall–Kier alpha value is -4.16. The second-order valence-corrected chi connectivity index (χ2v) is 11.8. The fourth-order valence-corrected chi connectivity index (χ4v) is 5.94. The molecule has 2 aromatic carbocycles. The molecule has 1 amide bonds. The van der Waals surface area contributed by atoms with E-state index in [1.807, 2.05) is 56.1 Å². The summed E-state index contributed by atoms with van der Waals surface area (Å²) >= 11 is 0. The quantitative estimate of drug-likeness (QED) is 0.332. The Balaban J connectivity index is 1.46. The molecule has 1 aromatic heterocycles. The van der Waals surface area contributed by atoms with Gasteiger partial charge < -0.3 is 19.9 Å².